The van der Waals surface area contributed by atoms with Gasteiger partial charge in [-0.3, -0.25) is 0 Å². The average molecular weight is 460 g/mol. The predicted molar refractivity (Wildman–Crippen MR) is 121 cm³/mol. The Balaban J connectivity index is 0.000000311. The monoisotopic (exact) mass is 458 g/mol. The van der Waals surface area contributed by atoms with Crippen LogP contribution < -0.4 is 0 Å². The third-order valence-corrected chi connectivity index (χ3v) is 4.51. The maximum Gasteiger partial charge on any atom is 4.00 e. The molecule has 0 radical (unpaired) electrons. The second kappa shape index (κ2) is 16.1. The average Bonchev–Trinajstić information content (AvgIpc) is 3.49. The molecule has 4 rings (SSSR count). The summed E-state index contributed by atoms with van der Waals surface area (Å²) in [5.74, 6) is 0. The van der Waals surface area contributed by atoms with Crippen LogP contribution in [0.5, 0.6) is 0 Å². The van der Waals surface area contributed by atoms with Crippen molar-refractivity contribution in [3.8, 4) is 0 Å². The molecule has 0 bridgehead atoms. The summed E-state index contributed by atoms with van der Waals surface area (Å²) in [6.45, 7) is 4.42. The van der Waals surface area contributed by atoms with Crippen LogP contribution in [0, 0.1) is 12.2 Å². The van der Waals surface area contributed by atoms with Gasteiger partial charge in [-0.15, -0.1) is 25.7 Å². The van der Waals surface area contributed by atoms with Crippen LogP contribution in [0.4, 0.5) is 0 Å². The number of hydrogen-bond acceptors (Lipinski definition) is 0. The Morgan fingerprint density at radius 2 is 1.03 bits per heavy atom. The van der Waals surface area contributed by atoms with Crippen LogP contribution in [0.2, 0.25) is 0 Å². The van der Waals surface area contributed by atoms with Gasteiger partial charge in [-0.1, -0.05) is 62.1 Å². The maximum absolute atomic E-state index is 3.59. The molecular formula is C28H32Zr. The zero-order valence-electron chi connectivity index (χ0n) is 17.8. The summed E-state index contributed by atoms with van der Waals surface area (Å²) in [5.41, 5.74) is 5.73. The quantitative estimate of drug-likeness (QED) is 0.351. The molecule has 0 fully saturated rings. The first-order chi connectivity index (χ1) is 13.8. The molecule has 1 aliphatic carbocycles. The Kier molecular flexibility index (Phi) is 14.1. The first-order valence-electron chi connectivity index (χ1n) is 10.4. The molecule has 0 N–H and O–H groups in total. The molecule has 0 aliphatic heterocycles. The fraction of sp³-hybridized carbons (Fsp3) is 0.286. The Morgan fingerprint density at radius 1 is 0.655 bits per heavy atom. The van der Waals surface area contributed by atoms with E-state index in [2.05, 4.69) is 50.3 Å². The van der Waals surface area contributed by atoms with Crippen molar-refractivity contribution < 1.29 is 26.2 Å². The summed E-state index contributed by atoms with van der Waals surface area (Å²) >= 11 is 0. The van der Waals surface area contributed by atoms with Gasteiger partial charge in [0.15, 0.2) is 0 Å². The number of fused-ring (bicyclic) bond motifs is 1. The Bertz CT molecular complexity index is 685. The fourth-order valence-corrected chi connectivity index (χ4v) is 3.03. The van der Waals surface area contributed by atoms with Crippen LogP contribution in [0.25, 0.3) is 0 Å². The van der Waals surface area contributed by atoms with Gasteiger partial charge in [-0.2, -0.15) is 36.4 Å². The molecule has 0 saturated carbocycles. The maximum atomic E-state index is 3.59. The topological polar surface area (TPSA) is 0 Å². The van der Waals surface area contributed by atoms with Crippen molar-refractivity contribution >= 4 is 0 Å². The summed E-state index contributed by atoms with van der Waals surface area (Å²) in [6.07, 6.45) is 13.7. The van der Waals surface area contributed by atoms with Crippen molar-refractivity contribution in [2.24, 2.45) is 0 Å². The molecule has 3 aromatic rings. The van der Waals surface area contributed by atoms with Gasteiger partial charge in [0.05, 0.1) is 0 Å². The minimum Gasteiger partial charge on any atom is -0.373 e. The van der Waals surface area contributed by atoms with E-state index in [0.29, 0.717) is 0 Å². The molecular weight excluding hydrogens is 428 g/mol. The molecule has 0 unspecified atom stereocenters. The van der Waals surface area contributed by atoms with Gasteiger partial charge < -0.3 is 23.3 Å². The van der Waals surface area contributed by atoms with Crippen LogP contribution >= 0.6 is 0 Å². The smallest absolute Gasteiger partial charge is 0.373 e. The Morgan fingerprint density at radius 3 is 1.31 bits per heavy atom. The molecule has 0 nitrogen and oxygen atoms in total. The van der Waals surface area contributed by atoms with E-state index in [1.807, 2.05) is 60.7 Å². The molecule has 148 valence electrons. The van der Waals surface area contributed by atoms with Crippen LogP contribution in [0.15, 0.2) is 96.1 Å². The van der Waals surface area contributed by atoms with E-state index >= 15 is 0 Å². The summed E-state index contributed by atoms with van der Waals surface area (Å²) < 4.78 is 0. The third-order valence-electron chi connectivity index (χ3n) is 4.51. The summed E-state index contributed by atoms with van der Waals surface area (Å²) in [6, 6.07) is 28.8. The second-order valence-electron chi connectivity index (χ2n) is 6.86. The van der Waals surface area contributed by atoms with Gasteiger partial charge >= 0.3 is 26.2 Å². The molecule has 1 aliphatic rings. The van der Waals surface area contributed by atoms with E-state index in [0.717, 1.165) is 25.7 Å². The van der Waals surface area contributed by atoms with Crippen molar-refractivity contribution in [3.63, 3.8) is 0 Å². The molecule has 3 aromatic carbocycles. The molecule has 1 heteroatoms. The molecule has 0 amide bonds. The molecule has 0 heterocycles. The summed E-state index contributed by atoms with van der Waals surface area (Å²) in [7, 11) is 0. The van der Waals surface area contributed by atoms with Gasteiger partial charge in [0.2, 0.25) is 0 Å². The SMILES string of the molecule is CCC[C-]=C1Cc2ccccc2CC1=[C-]CCC.[Zr+4].c1cc[cH-]c1.c1cc[cH-]c1. The van der Waals surface area contributed by atoms with Crippen LogP contribution in [-0.4, -0.2) is 0 Å². The molecule has 0 spiro atoms. The van der Waals surface area contributed by atoms with Crippen molar-refractivity contribution in [2.75, 3.05) is 0 Å². The van der Waals surface area contributed by atoms with E-state index < -0.39 is 0 Å². The van der Waals surface area contributed by atoms with Crippen molar-refractivity contribution in [1.82, 2.24) is 0 Å². The summed E-state index contributed by atoms with van der Waals surface area (Å²) in [5, 5.41) is 0. The number of hydrogen-bond donors (Lipinski definition) is 0. The molecule has 0 atom stereocenters. The van der Waals surface area contributed by atoms with Crippen LogP contribution in [0.3, 0.4) is 0 Å². The largest absolute Gasteiger partial charge is 4.00 e. The van der Waals surface area contributed by atoms with E-state index in [4.69, 9.17) is 0 Å². The van der Waals surface area contributed by atoms with Gasteiger partial charge in [-0.25, -0.2) is 24.3 Å². The van der Waals surface area contributed by atoms with Gasteiger partial charge in [0.1, 0.15) is 0 Å². The second-order valence-corrected chi connectivity index (χ2v) is 6.86. The zero-order chi connectivity index (χ0) is 19.9. The van der Waals surface area contributed by atoms with Gasteiger partial charge in [0, 0.05) is 0 Å². The first-order valence-corrected chi connectivity index (χ1v) is 10.4. The van der Waals surface area contributed by atoms with E-state index in [1.165, 1.54) is 35.1 Å². The van der Waals surface area contributed by atoms with Crippen molar-refractivity contribution in [2.45, 2.75) is 52.4 Å². The third kappa shape index (κ3) is 10.0. The van der Waals surface area contributed by atoms with Crippen LogP contribution in [-0.2, 0) is 39.0 Å². The number of unbranched alkanes of at least 4 members (excludes halogenated alkanes) is 2. The van der Waals surface area contributed by atoms with Crippen LogP contribution in [0.1, 0.15) is 50.7 Å². The summed E-state index contributed by atoms with van der Waals surface area (Å²) in [4.78, 5) is 0. The normalized spacial score (nSPS) is 14.7. The van der Waals surface area contributed by atoms with E-state index in [9.17, 15) is 0 Å². The molecule has 0 aromatic heterocycles. The zero-order valence-corrected chi connectivity index (χ0v) is 20.3. The Hall–Kier alpha value is -1.72. The van der Waals surface area contributed by atoms with Crippen molar-refractivity contribution in [1.29, 1.82) is 0 Å². The molecule has 29 heavy (non-hydrogen) atoms. The minimum atomic E-state index is 0. The Labute approximate surface area is 197 Å². The van der Waals surface area contributed by atoms with Gasteiger partial charge in [0.25, 0.3) is 0 Å². The van der Waals surface area contributed by atoms with Gasteiger partial charge in [-0.05, 0) is 0 Å². The minimum absolute atomic E-state index is 0. The predicted octanol–water partition coefficient (Wildman–Crippen LogP) is 7.65. The fourth-order valence-electron chi connectivity index (χ4n) is 3.03. The van der Waals surface area contributed by atoms with Crippen molar-refractivity contribution in [3.05, 3.63) is 119 Å². The first kappa shape index (κ1) is 25.3. The number of allylic oxidation sites excluding steroid dienone is 4. The van der Waals surface area contributed by atoms with E-state index in [-0.39, 0.29) is 26.2 Å². The number of benzene rings is 1. The van der Waals surface area contributed by atoms with E-state index in [1.54, 1.807) is 0 Å². The molecule has 0 saturated heterocycles. The number of rotatable bonds is 4. The standard InChI is InChI=1S/C18H22.2C5H5.Zr/c1-3-5-9-15-13-17-11-7-8-12-18(17)14-16(15)10-6-4-2;2*1-2-4-5-3-1;/h7-8,11-12H,3-6,13-14H2,1-2H3;2*1-5H;/q-2;2*-1;+4.